The predicted octanol–water partition coefficient (Wildman–Crippen LogP) is 4.05. The molecule has 0 unspecified atom stereocenters. The summed E-state index contributed by atoms with van der Waals surface area (Å²) in [7, 11) is 0. The molecule has 0 radical (unpaired) electrons. The van der Waals surface area contributed by atoms with Crippen molar-refractivity contribution >= 4 is 16.7 Å². The van der Waals surface area contributed by atoms with Gasteiger partial charge in [0.05, 0.1) is 0 Å². The molecular formula is C15H18FNO. The SMILES string of the molecule is Cc1cc2[nH]cc(C)c2cc1F.O=C1CCCC1. The number of carbonyl (C=O) groups is 1. The molecule has 1 aromatic heterocycles. The number of aromatic nitrogens is 1. The molecule has 2 nitrogen and oxygen atoms in total. The Labute approximate surface area is 106 Å². The number of nitrogens with one attached hydrogen (secondary N) is 1. The number of aromatic amines is 1. The van der Waals surface area contributed by atoms with Crippen molar-refractivity contribution in [2.45, 2.75) is 39.5 Å². The first-order chi connectivity index (χ1) is 8.58. The van der Waals surface area contributed by atoms with Gasteiger partial charge < -0.3 is 4.98 Å². The van der Waals surface area contributed by atoms with Crippen LogP contribution in [0.2, 0.25) is 0 Å². The summed E-state index contributed by atoms with van der Waals surface area (Å²) < 4.78 is 13.1. The largest absolute Gasteiger partial charge is 0.361 e. The highest BCUT2D eigenvalue weighted by molar-refractivity contribution is 5.83. The van der Waals surface area contributed by atoms with Crippen molar-refractivity contribution < 1.29 is 9.18 Å². The molecule has 0 amide bonds. The highest BCUT2D eigenvalue weighted by Crippen LogP contribution is 2.20. The van der Waals surface area contributed by atoms with E-state index in [1.807, 2.05) is 19.2 Å². The lowest BCUT2D eigenvalue weighted by Gasteiger charge is -1.96. The number of H-pyrrole nitrogens is 1. The van der Waals surface area contributed by atoms with Gasteiger partial charge in [-0.25, -0.2) is 4.39 Å². The third kappa shape index (κ3) is 2.78. The lowest BCUT2D eigenvalue weighted by atomic mass is 10.1. The fourth-order valence-corrected chi connectivity index (χ4v) is 2.16. The number of halogens is 1. The summed E-state index contributed by atoms with van der Waals surface area (Å²) in [6.07, 6.45) is 5.86. The van der Waals surface area contributed by atoms with Gasteiger partial charge in [-0.2, -0.15) is 0 Å². The van der Waals surface area contributed by atoms with E-state index in [0.717, 1.165) is 42.1 Å². The van der Waals surface area contributed by atoms with Crippen molar-refractivity contribution in [2.75, 3.05) is 0 Å². The summed E-state index contributed by atoms with van der Waals surface area (Å²) in [5, 5.41) is 0.970. The minimum atomic E-state index is -0.134. The third-order valence-corrected chi connectivity index (χ3v) is 3.33. The fourth-order valence-electron chi connectivity index (χ4n) is 2.16. The standard InChI is InChI=1S/C10H10FN.C5H8O/c1-6-3-10-8(4-9(6)11)7(2)5-12-10;6-5-3-1-2-4-5/h3-5,12H,1-2H3;1-4H2. The van der Waals surface area contributed by atoms with Crippen molar-refractivity contribution in [1.29, 1.82) is 0 Å². The molecule has 3 heteroatoms. The van der Waals surface area contributed by atoms with E-state index in [4.69, 9.17) is 0 Å². The highest BCUT2D eigenvalue weighted by atomic mass is 19.1. The molecular weight excluding hydrogens is 229 g/mol. The van der Waals surface area contributed by atoms with E-state index in [1.54, 1.807) is 13.0 Å². The first-order valence-corrected chi connectivity index (χ1v) is 6.33. The van der Waals surface area contributed by atoms with E-state index in [0.29, 0.717) is 11.3 Å². The van der Waals surface area contributed by atoms with E-state index in [1.165, 1.54) is 0 Å². The van der Waals surface area contributed by atoms with Crippen LogP contribution in [0.15, 0.2) is 18.3 Å². The summed E-state index contributed by atoms with van der Waals surface area (Å²) >= 11 is 0. The molecule has 96 valence electrons. The highest BCUT2D eigenvalue weighted by Gasteiger charge is 2.07. The maximum absolute atomic E-state index is 13.1. The van der Waals surface area contributed by atoms with Gasteiger partial charge in [-0.15, -0.1) is 0 Å². The van der Waals surface area contributed by atoms with Crippen molar-refractivity contribution in [3.63, 3.8) is 0 Å². The van der Waals surface area contributed by atoms with Crippen molar-refractivity contribution in [3.05, 3.63) is 35.3 Å². The zero-order valence-corrected chi connectivity index (χ0v) is 10.8. The van der Waals surface area contributed by atoms with Gasteiger partial charge in [-0.3, -0.25) is 4.79 Å². The lowest BCUT2D eigenvalue weighted by Crippen LogP contribution is -1.81. The summed E-state index contributed by atoms with van der Waals surface area (Å²) in [5.74, 6) is 0.320. The van der Waals surface area contributed by atoms with Gasteiger partial charge in [0, 0.05) is 29.9 Å². The van der Waals surface area contributed by atoms with Gasteiger partial charge in [0.2, 0.25) is 0 Å². The minimum absolute atomic E-state index is 0.134. The van der Waals surface area contributed by atoms with Crippen LogP contribution in [0.4, 0.5) is 4.39 Å². The van der Waals surface area contributed by atoms with Gasteiger partial charge >= 0.3 is 0 Å². The Morgan fingerprint density at radius 1 is 1.11 bits per heavy atom. The molecule has 3 rings (SSSR count). The van der Waals surface area contributed by atoms with Gasteiger partial charge in [-0.05, 0) is 49.9 Å². The van der Waals surface area contributed by atoms with Gasteiger partial charge in [0.25, 0.3) is 0 Å². The van der Waals surface area contributed by atoms with Crippen LogP contribution in [0.25, 0.3) is 10.9 Å². The molecule has 1 N–H and O–H groups in total. The maximum atomic E-state index is 13.1. The van der Waals surface area contributed by atoms with Gasteiger partial charge in [-0.1, -0.05) is 0 Å². The Kier molecular flexibility index (Phi) is 3.80. The summed E-state index contributed by atoms with van der Waals surface area (Å²) in [6.45, 7) is 3.73. The molecule has 1 aliphatic carbocycles. The van der Waals surface area contributed by atoms with Crippen molar-refractivity contribution in [3.8, 4) is 0 Å². The van der Waals surface area contributed by atoms with Crippen LogP contribution in [0.5, 0.6) is 0 Å². The summed E-state index contributed by atoms with van der Waals surface area (Å²) in [5.41, 5.74) is 2.78. The van der Waals surface area contributed by atoms with E-state index in [2.05, 4.69) is 4.98 Å². The average Bonchev–Trinajstić information content (AvgIpc) is 2.93. The van der Waals surface area contributed by atoms with Crippen LogP contribution in [-0.4, -0.2) is 10.8 Å². The number of carbonyl (C=O) groups excluding carboxylic acids is 1. The molecule has 0 spiro atoms. The van der Waals surface area contributed by atoms with Crippen LogP contribution >= 0.6 is 0 Å². The molecule has 0 bridgehead atoms. The molecule has 1 saturated carbocycles. The van der Waals surface area contributed by atoms with Crippen molar-refractivity contribution in [2.24, 2.45) is 0 Å². The van der Waals surface area contributed by atoms with E-state index in [9.17, 15) is 9.18 Å². The van der Waals surface area contributed by atoms with Crippen LogP contribution < -0.4 is 0 Å². The number of rotatable bonds is 0. The fraction of sp³-hybridized carbons (Fsp3) is 0.400. The predicted molar refractivity (Wildman–Crippen MR) is 71.2 cm³/mol. The number of ketones is 1. The first-order valence-electron chi connectivity index (χ1n) is 6.33. The molecule has 1 aliphatic rings. The van der Waals surface area contributed by atoms with E-state index < -0.39 is 0 Å². The molecule has 0 aliphatic heterocycles. The Morgan fingerprint density at radius 3 is 2.33 bits per heavy atom. The smallest absolute Gasteiger partial charge is 0.132 e. The molecule has 1 heterocycles. The molecule has 0 saturated heterocycles. The average molecular weight is 247 g/mol. The number of hydrogen-bond donors (Lipinski definition) is 1. The van der Waals surface area contributed by atoms with Crippen LogP contribution in [-0.2, 0) is 4.79 Å². The number of Topliss-reactive ketones (excluding diaryl/α,β-unsaturated/α-hetero) is 1. The van der Waals surface area contributed by atoms with Crippen LogP contribution in [0, 0.1) is 19.7 Å². The van der Waals surface area contributed by atoms with Crippen LogP contribution in [0.1, 0.15) is 36.8 Å². The maximum Gasteiger partial charge on any atom is 0.132 e. The summed E-state index contributed by atoms with van der Waals surface area (Å²) in [4.78, 5) is 13.3. The second-order valence-electron chi connectivity index (χ2n) is 4.86. The zero-order chi connectivity index (χ0) is 13.1. The third-order valence-electron chi connectivity index (χ3n) is 3.33. The zero-order valence-electron chi connectivity index (χ0n) is 10.8. The Balaban J connectivity index is 0.000000169. The first kappa shape index (κ1) is 12.8. The van der Waals surface area contributed by atoms with Gasteiger partial charge in [0.15, 0.2) is 0 Å². The number of benzene rings is 1. The Morgan fingerprint density at radius 2 is 1.78 bits per heavy atom. The molecule has 1 aromatic carbocycles. The topological polar surface area (TPSA) is 32.9 Å². The monoisotopic (exact) mass is 247 g/mol. The minimum Gasteiger partial charge on any atom is -0.361 e. The molecule has 0 atom stereocenters. The lowest BCUT2D eigenvalue weighted by molar-refractivity contribution is -0.117. The van der Waals surface area contributed by atoms with Crippen LogP contribution in [0.3, 0.4) is 0 Å². The second kappa shape index (κ2) is 5.34. The van der Waals surface area contributed by atoms with E-state index in [-0.39, 0.29) is 5.82 Å². The van der Waals surface area contributed by atoms with Gasteiger partial charge in [0.1, 0.15) is 11.6 Å². The number of aryl methyl sites for hydroxylation is 2. The van der Waals surface area contributed by atoms with E-state index >= 15 is 0 Å². The van der Waals surface area contributed by atoms with Crippen molar-refractivity contribution in [1.82, 2.24) is 4.98 Å². The molecule has 2 aromatic rings. The normalized spacial score (nSPS) is 14.7. The molecule has 1 fully saturated rings. The number of fused-ring (bicyclic) bond motifs is 1. The summed E-state index contributed by atoms with van der Waals surface area (Å²) in [6, 6.07) is 3.41. The molecule has 18 heavy (non-hydrogen) atoms. The second-order valence-corrected chi connectivity index (χ2v) is 4.86. The quantitative estimate of drug-likeness (QED) is 0.748. The Hall–Kier alpha value is -1.64. The number of hydrogen-bond acceptors (Lipinski definition) is 1. The Bertz CT molecular complexity index is 563.